The highest BCUT2D eigenvalue weighted by Crippen LogP contribution is 2.63. The van der Waals surface area contributed by atoms with Gasteiger partial charge in [-0.05, 0) is 103 Å². The SMILES string of the molecule is C=CCOC12Oc3ccc(OC(=O)NCc4ccccc4)cc3C3C(CCCCO)C(CCCCO)C=C(C(=NOC4CCCCO4)CC1Sc1ccc4ccccc4c1)C32. The van der Waals surface area contributed by atoms with E-state index < -0.39 is 18.2 Å². The number of thioether (sulfide) groups is 1. The summed E-state index contributed by atoms with van der Waals surface area (Å²) < 4.78 is 26.5. The van der Waals surface area contributed by atoms with E-state index in [9.17, 15) is 15.0 Å². The molecule has 0 bridgehead atoms. The topological polar surface area (TPSA) is 128 Å². The minimum atomic E-state index is -1.16. The Bertz CT molecular complexity index is 2170. The maximum atomic E-state index is 13.3. The third-order valence-electron chi connectivity index (χ3n) is 12.5. The van der Waals surface area contributed by atoms with Gasteiger partial charge in [0.1, 0.15) is 11.5 Å². The normalized spacial score (nSPS) is 26.1. The first kappa shape index (κ1) is 43.0. The van der Waals surface area contributed by atoms with Crippen LogP contribution in [0.25, 0.3) is 10.8 Å². The van der Waals surface area contributed by atoms with Gasteiger partial charge in [-0.15, -0.1) is 18.3 Å². The molecule has 2 heterocycles. The van der Waals surface area contributed by atoms with E-state index in [-0.39, 0.29) is 48.7 Å². The number of oxime groups is 1. The van der Waals surface area contributed by atoms with Crippen molar-refractivity contribution in [3.63, 3.8) is 0 Å². The van der Waals surface area contributed by atoms with Crippen LogP contribution in [0.3, 0.4) is 0 Å². The second-order valence-electron chi connectivity index (χ2n) is 16.5. The average Bonchev–Trinajstić information content (AvgIpc) is 3.29. The number of benzene rings is 4. The Labute approximate surface area is 363 Å². The van der Waals surface area contributed by atoms with Gasteiger partial charge in [-0.25, -0.2) is 4.79 Å². The molecular formula is C50H58N2O8S. The summed E-state index contributed by atoms with van der Waals surface area (Å²) in [5, 5.41) is 29.8. The van der Waals surface area contributed by atoms with Crippen LogP contribution in [0.15, 0.2) is 125 Å². The number of carbonyl (C=O) groups is 1. The zero-order chi connectivity index (χ0) is 42.0. The van der Waals surface area contributed by atoms with Gasteiger partial charge >= 0.3 is 6.09 Å². The van der Waals surface area contributed by atoms with Gasteiger partial charge in [-0.3, -0.25) is 0 Å². The van der Waals surface area contributed by atoms with Crippen LogP contribution in [-0.4, -0.2) is 65.8 Å². The summed E-state index contributed by atoms with van der Waals surface area (Å²) in [6.45, 7) is 5.55. The third-order valence-corrected chi connectivity index (χ3v) is 13.8. The van der Waals surface area contributed by atoms with Gasteiger partial charge in [0, 0.05) is 49.0 Å². The van der Waals surface area contributed by atoms with Crippen LogP contribution < -0.4 is 14.8 Å². The van der Waals surface area contributed by atoms with Crippen molar-refractivity contribution in [1.82, 2.24) is 5.32 Å². The number of allylic oxidation sites excluding steroid dienone is 1. The zero-order valence-electron chi connectivity index (χ0n) is 34.8. The van der Waals surface area contributed by atoms with Crippen molar-refractivity contribution in [3.05, 3.63) is 126 Å². The Morgan fingerprint density at radius 2 is 1.74 bits per heavy atom. The monoisotopic (exact) mass is 846 g/mol. The Kier molecular flexibility index (Phi) is 14.4. The van der Waals surface area contributed by atoms with Gasteiger partial charge in [0.2, 0.25) is 12.1 Å². The van der Waals surface area contributed by atoms with Gasteiger partial charge in [-0.1, -0.05) is 90.8 Å². The van der Waals surface area contributed by atoms with E-state index in [0.717, 1.165) is 77.6 Å². The summed E-state index contributed by atoms with van der Waals surface area (Å²) in [7, 11) is 0. The number of amides is 1. The van der Waals surface area contributed by atoms with Gasteiger partial charge in [0.15, 0.2) is 0 Å². The van der Waals surface area contributed by atoms with E-state index in [1.165, 1.54) is 5.39 Å². The Morgan fingerprint density at radius 1 is 0.934 bits per heavy atom. The number of carbonyl (C=O) groups excluding carboxylic acids is 1. The van der Waals surface area contributed by atoms with E-state index in [4.69, 9.17) is 28.9 Å². The molecule has 7 unspecified atom stereocenters. The molecule has 61 heavy (non-hydrogen) atoms. The summed E-state index contributed by atoms with van der Waals surface area (Å²) in [6.07, 6.45) is 11.3. The zero-order valence-corrected chi connectivity index (χ0v) is 35.6. The van der Waals surface area contributed by atoms with E-state index in [2.05, 4.69) is 60.4 Å². The lowest BCUT2D eigenvalue weighted by atomic mass is 9.56. The second-order valence-corrected chi connectivity index (χ2v) is 17.8. The molecule has 3 N–H and O–H groups in total. The quantitative estimate of drug-likeness (QED) is 0.0509. The summed E-state index contributed by atoms with van der Waals surface area (Å²) in [4.78, 5) is 20.6. The molecule has 0 spiro atoms. The highest BCUT2D eigenvalue weighted by Gasteiger charge is 2.64. The van der Waals surface area contributed by atoms with E-state index in [1.54, 1.807) is 23.9 Å². The first-order valence-electron chi connectivity index (χ1n) is 22.0. The molecule has 7 atom stereocenters. The maximum absolute atomic E-state index is 13.3. The smallest absolute Gasteiger partial charge is 0.412 e. The maximum Gasteiger partial charge on any atom is 0.412 e. The number of nitrogens with one attached hydrogen (secondary N) is 1. The number of unbranched alkanes of at least 4 members (excludes halogenated alkanes) is 2. The van der Waals surface area contributed by atoms with Crippen LogP contribution in [0.1, 0.15) is 81.3 Å². The summed E-state index contributed by atoms with van der Waals surface area (Å²) >= 11 is 1.73. The lowest BCUT2D eigenvalue weighted by Gasteiger charge is -2.58. The van der Waals surface area contributed by atoms with Crippen molar-refractivity contribution in [2.24, 2.45) is 22.9 Å². The van der Waals surface area contributed by atoms with Gasteiger partial charge in [0.05, 0.1) is 30.1 Å². The van der Waals surface area contributed by atoms with E-state index in [0.29, 0.717) is 43.9 Å². The number of hydrogen-bond donors (Lipinski definition) is 3. The standard InChI is InChI=1S/C50H58N2O8S/c1-2-27-57-50-45(61-39-23-21-35-16-6-7-17-36(35)29-39)32-43(52-60-46-20-10-13-28-56-46)41-30-37(18-8-11-25-53)40(19-9-12-26-54)47(48(41)50)42-31-38(22-24-44(42)59-50)58-49(55)51-33-34-14-4-3-5-15-34/h2-7,14-17,21-24,29-31,37,40,45-48,53-54H,1,8-13,18-20,25-28,32-33H2,(H,51,55). The number of hydrogen-bond acceptors (Lipinski definition) is 10. The van der Waals surface area contributed by atoms with Crippen molar-refractivity contribution in [2.45, 2.75) is 98.9 Å². The van der Waals surface area contributed by atoms with Crippen molar-refractivity contribution >= 4 is 34.3 Å². The van der Waals surface area contributed by atoms with Crippen molar-refractivity contribution in [2.75, 3.05) is 26.4 Å². The summed E-state index contributed by atoms with van der Waals surface area (Å²) in [5.74, 6) is -0.335. The predicted octanol–water partition coefficient (Wildman–Crippen LogP) is 10.1. The molecular weight excluding hydrogens is 789 g/mol. The highest BCUT2D eigenvalue weighted by molar-refractivity contribution is 8.00. The largest absolute Gasteiger partial charge is 0.460 e. The molecule has 1 saturated heterocycles. The summed E-state index contributed by atoms with van der Waals surface area (Å²) in [6, 6.07) is 30.3. The van der Waals surface area contributed by atoms with Crippen LogP contribution in [0.2, 0.25) is 0 Å². The van der Waals surface area contributed by atoms with Crippen LogP contribution in [0.4, 0.5) is 4.79 Å². The van der Waals surface area contributed by atoms with Crippen molar-refractivity contribution in [1.29, 1.82) is 0 Å². The number of ether oxygens (including phenoxy) is 4. The van der Waals surface area contributed by atoms with Crippen LogP contribution in [0.5, 0.6) is 11.5 Å². The molecule has 2 fully saturated rings. The number of aliphatic hydroxyl groups excluding tert-OH is 2. The first-order valence-corrected chi connectivity index (χ1v) is 22.9. The van der Waals surface area contributed by atoms with Gasteiger partial charge in [-0.2, -0.15) is 0 Å². The van der Waals surface area contributed by atoms with Crippen LogP contribution in [-0.2, 0) is 20.9 Å². The fraction of sp³-hybridized carbons (Fsp3) is 0.440. The lowest BCUT2D eigenvalue weighted by Crippen LogP contribution is -2.64. The molecule has 4 aromatic carbocycles. The number of fused-ring (bicyclic) bond motifs is 3. The number of nitrogens with zero attached hydrogens (tertiary/aromatic N) is 1. The third kappa shape index (κ3) is 9.87. The second kappa shape index (κ2) is 20.5. The number of aliphatic hydroxyl groups is 2. The summed E-state index contributed by atoms with van der Waals surface area (Å²) in [5.41, 5.74) is 3.79. The molecule has 2 aliphatic heterocycles. The van der Waals surface area contributed by atoms with Gasteiger partial charge in [0.25, 0.3) is 0 Å². The molecule has 10 nitrogen and oxygen atoms in total. The van der Waals surface area contributed by atoms with Gasteiger partial charge < -0.3 is 39.3 Å². The molecule has 1 amide bonds. The van der Waals surface area contributed by atoms with E-state index in [1.807, 2.05) is 42.5 Å². The molecule has 1 saturated carbocycles. The van der Waals surface area contributed by atoms with Crippen molar-refractivity contribution < 1.29 is 38.8 Å². The molecule has 4 aromatic rings. The Morgan fingerprint density at radius 3 is 2.52 bits per heavy atom. The molecule has 0 radical (unpaired) electrons. The fourth-order valence-electron chi connectivity index (χ4n) is 9.72. The highest BCUT2D eigenvalue weighted by atomic mass is 32.2. The van der Waals surface area contributed by atoms with Crippen LogP contribution >= 0.6 is 11.8 Å². The lowest BCUT2D eigenvalue weighted by molar-refractivity contribution is -0.223. The Hall–Kier alpha value is -4.65. The fourth-order valence-corrected chi connectivity index (χ4v) is 11.1. The van der Waals surface area contributed by atoms with E-state index >= 15 is 0 Å². The predicted molar refractivity (Wildman–Crippen MR) is 239 cm³/mol. The minimum absolute atomic E-state index is 0.101. The molecule has 2 aliphatic carbocycles. The average molecular weight is 847 g/mol. The van der Waals surface area contributed by atoms with Crippen molar-refractivity contribution in [3.8, 4) is 11.5 Å². The molecule has 4 aliphatic rings. The van der Waals surface area contributed by atoms with Crippen LogP contribution in [0, 0.1) is 17.8 Å². The Balaban J connectivity index is 1.25. The minimum Gasteiger partial charge on any atom is -0.460 e. The molecule has 8 rings (SSSR count). The molecule has 0 aromatic heterocycles. The number of rotatable bonds is 18. The first-order chi connectivity index (χ1) is 30.0. The molecule has 322 valence electrons. The molecule has 11 heteroatoms.